The van der Waals surface area contributed by atoms with Crippen LogP contribution in [-0.4, -0.2) is 46.5 Å². The third kappa shape index (κ3) is 6.32. The Morgan fingerprint density at radius 2 is 1.95 bits per heavy atom. The van der Waals surface area contributed by atoms with Gasteiger partial charge in [-0.25, -0.2) is 13.1 Å². The van der Waals surface area contributed by atoms with E-state index in [9.17, 15) is 8.42 Å². The minimum Gasteiger partial charge on any atom is -0.310 e. The van der Waals surface area contributed by atoms with Crippen molar-refractivity contribution in [3.8, 4) is 0 Å². The molecule has 0 aliphatic rings. The third-order valence-electron chi connectivity index (χ3n) is 2.85. The molecule has 120 valence electrons. The van der Waals surface area contributed by atoms with Gasteiger partial charge in [0.1, 0.15) is 4.90 Å². The van der Waals surface area contributed by atoms with Gasteiger partial charge in [-0.2, -0.15) is 0 Å². The van der Waals surface area contributed by atoms with Crippen molar-refractivity contribution < 1.29 is 8.42 Å². The van der Waals surface area contributed by atoms with E-state index in [1.165, 1.54) is 0 Å². The van der Waals surface area contributed by atoms with E-state index in [0.29, 0.717) is 25.7 Å². The molecule has 1 aromatic carbocycles. The number of likely N-dealkylation sites (N-methyl/N-ethyl adjacent to an activating group) is 1. The van der Waals surface area contributed by atoms with Crippen LogP contribution in [0.1, 0.15) is 19.4 Å². The molecule has 21 heavy (non-hydrogen) atoms. The van der Waals surface area contributed by atoms with Crippen LogP contribution in [0.25, 0.3) is 0 Å². The SMILES string of the molecule is CC(C)NCc1ccc(Cl)c(S(=O)(=O)NCCN(C)C)c1. The molecule has 0 amide bonds. The van der Waals surface area contributed by atoms with Crippen LogP contribution < -0.4 is 10.0 Å². The fourth-order valence-corrected chi connectivity index (χ4v) is 3.24. The summed E-state index contributed by atoms with van der Waals surface area (Å²) >= 11 is 6.03. The maximum atomic E-state index is 12.3. The van der Waals surface area contributed by atoms with Crippen LogP contribution in [0, 0.1) is 0 Å². The molecule has 0 fully saturated rings. The lowest BCUT2D eigenvalue weighted by molar-refractivity contribution is 0.412. The van der Waals surface area contributed by atoms with Crippen LogP contribution in [0.3, 0.4) is 0 Å². The van der Waals surface area contributed by atoms with Gasteiger partial charge in [0.15, 0.2) is 0 Å². The monoisotopic (exact) mass is 333 g/mol. The van der Waals surface area contributed by atoms with Crippen LogP contribution in [-0.2, 0) is 16.6 Å². The third-order valence-corrected chi connectivity index (χ3v) is 4.79. The molecular weight excluding hydrogens is 310 g/mol. The van der Waals surface area contributed by atoms with Gasteiger partial charge in [-0.05, 0) is 31.8 Å². The highest BCUT2D eigenvalue weighted by Gasteiger charge is 2.18. The number of rotatable bonds is 8. The van der Waals surface area contributed by atoms with Crippen molar-refractivity contribution in [3.05, 3.63) is 28.8 Å². The van der Waals surface area contributed by atoms with Crippen molar-refractivity contribution in [2.75, 3.05) is 27.2 Å². The number of sulfonamides is 1. The van der Waals surface area contributed by atoms with E-state index in [0.717, 1.165) is 5.56 Å². The molecule has 7 heteroatoms. The van der Waals surface area contributed by atoms with Crippen molar-refractivity contribution in [1.29, 1.82) is 0 Å². The Kier molecular flexibility index (Phi) is 7.09. The summed E-state index contributed by atoms with van der Waals surface area (Å²) in [6.07, 6.45) is 0. The molecule has 0 bridgehead atoms. The molecule has 0 saturated carbocycles. The number of nitrogens with one attached hydrogen (secondary N) is 2. The van der Waals surface area contributed by atoms with E-state index in [2.05, 4.69) is 10.0 Å². The molecule has 0 radical (unpaired) electrons. The second-order valence-corrected chi connectivity index (χ2v) is 7.64. The summed E-state index contributed by atoms with van der Waals surface area (Å²) < 4.78 is 27.1. The van der Waals surface area contributed by atoms with Crippen molar-refractivity contribution >= 4 is 21.6 Å². The first-order chi connectivity index (χ1) is 9.72. The zero-order chi connectivity index (χ0) is 16.0. The van der Waals surface area contributed by atoms with E-state index in [1.54, 1.807) is 12.1 Å². The Balaban J connectivity index is 2.86. The average Bonchev–Trinajstić information content (AvgIpc) is 2.36. The first kappa shape index (κ1) is 18.4. The molecule has 0 spiro atoms. The van der Waals surface area contributed by atoms with E-state index in [1.807, 2.05) is 38.9 Å². The summed E-state index contributed by atoms with van der Waals surface area (Å²) in [5.74, 6) is 0. The first-order valence-electron chi connectivity index (χ1n) is 6.88. The second-order valence-electron chi connectivity index (χ2n) is 5.50. The number of nitrogens with zero attached hydrogens (tertiary/aromatic N) is 1. The standard InChI is InChI=1S/C14H24ClN3O2S/c1-11(2)16-10-12-5-6-13(15)14(9-12)21(19,20)17-7-8-18(3)4/h5-6,9,11,16-17H,7-8,10H2,1-4H3. The molecule has 1 rings (SSSR count). The van der Waals surface area contributed by atoms with Crippen LogP contribution in [0.15, 0.2) is 23.1 Å². The molecule has 0 saturated heterocycles. The van der Waals surface area contributed by atoms with Gasteiger partial charge in [0.25, 0.3) is 0 Å². The van der Waals surface area contributed by atoms with Crippen LogP contribution >= 0.6 is 11.6 Å². The largest absolute Gasteiger partial charge is 0.310 e. The Labute approximate surface area is 132 Å². The van der Waals surface area contributed by atoms with Gasteiger partial charge in [0.2, 0.25) is 10.0 Å². The molecular formula is C14H24ClN3O2S. The molecule has 1 aromatic rings. The Bertz CT molecular complexity index is 559. The van der Waals surface area contributed by atoms with Gasteiger partial charge in [-0.1, -0.05) is 31.5 Å². The molecule has 5 nitrogen and oxygen atoms in total. The molecule has 0 aromatic heterocycles. The second kappa shape index (κ2) is 8.10. The van der Waals surface area contributed by atoms with Crippen molar-refractivity contribution in [2.45, 2.75) is 31.3 Å². The molecule has 0 unspecified atom stereocenters. The smallest absolute Gasteiger partial charge is 0.242 e. The van der Waals surface area contributed by atoms with Gasteiger partial charge in [-0.3, -0.25) is 0 Å². The van der Waals surface area contributed by atoms with Gasteiger partial charge in [-0.15, -0.1) is 0 Å². The van der Waals surface area contributed by atoms with Gasteiger partial charge >= 0.3 is 0 Å². The Morgan fingerprint density at radius 1 is 1.29 bits per heavy atom. The zero-order valence-electron chi connectivity index (χ0n) is 13.0. The zero-order valence-corrected chi connectivity index (χ0v) is 14.6. The van der Waals surface area contributed by atoms with Crippen molar-refractivity contribution in [3.63, 3.8) is 0 Å². The summed E-state index contributed by atoms with van der Waals surface area (Å²) in [5.41, 5.74) is 0.890. The summed E-state index contributed by atoms with van der Waals surface area (Å²) in [6, 6.07) is 5.41. The lowest BCUT2D eigenvalue weighted by Gasteiger charge is -2.13. The van der Waals surface area contributed by atoms with E-state index in [4.69, 9.17) is 11.6 Å². The van der Waals surface area contributed by atoms with Crippen molar-refractivity contribution in [1.82, 2.24) is 14.9 Å². The number of benzene rings is 1. The van der Waals surface area contributed by atoms with Gasteiger partial charge in [0, 0.05) is 25.7 Å². The van der Waals surface area contributed by atoms with Gasteiger partial charge < -0.3 is 10.2 Å². The lowest BCUT2D eigenvalue weighted by atomic mass is 10.2. The summed E-state index contributed by atoms with van der Waals surface area (Å²) in [6.45, 7) is 5.66. The Morgan fingerprint density at radius 3 is 2.52 bits per heavy atom. The number of halogens is 1. The highest BCUT2D eigenvalue weighted by molar-refractivity contribution is 7.89. The summed E-state index contributed by atoms with van der Waals surface area (Å²) in [4.78, 5) is 2.04. The fraction of sp³-hybridized carbons (Fsp3) is 0.571. The fourth-order valence-electron chi connectivity index (χ4n) is 1.67. The topological polar surface area (TPSA) is 61.4 Å². The minimum absolute atomic E-state index is 0.131. The van der Waals surface area contributed by atoms with E-state index in [-0.39, 0.29) is 9.92 Å². The summed E-state index contributed by atoms with van der Waals surface area (Å²) in [7, 11) is 0.193. The maximum absolute atomic E-state index is 12.3. The minimum atomic E-state index is -3.58. The van der Waals surface area contributed by atoms with Gasteiger partial charge in [0.05, 0.1) is 5.02 Å². The van der Waals surface area contributed by atoms with E-state index >= 15 is 0 Å². The summed E-state index contributed by atoms with van der Waals surface area (Å²) in [5, 5.41) is 3.49. The highest BCUT2D eigenvalue weighted by atomic mass is 35.5. The molecule has 0 atom stereocenters. The van der Waals surface area contributed by atoms with Crippen LogP contribution in [0.5, 0.6) is 0 Å². The molecule has 0 heterocycles. The predicted molar refractivity (Wildman–Crippen MR) is 87.2 cm³/mol. The molecule has 2 N–H and O–H groups in total. The molecule has 0 aliphatic heterocycles. The van der Waals surface area contributed by atoms with Crippen LogP contribution in [0.2, 0.25) is 5.02 Å². The Hall–Kier alpha value is -0.660. The maximum Gasteiger partial charge on any atom is 0.242 e. The normalized spacial score (nSPS) is 12.3. The van der Waals surface area contributed by atoms with E-state index < -0.39 is 10.0 Å². The quantitative estimate of drug-likeness (QED) is 0.760. The first-order valence-corrected chi connectivity index (χ1v) is 8.74. The predicted octanol–water partition coefficient (Wildman–Crippen LogP) is 1.68. The lowest BCUT2D eigenvalue weighted by Crippen LogP contribution is -2.31. The number of hydrogen-bond acceptors (Lipinski definition) is 4. The average molecular weight is 334 g/mol. The van der Waals surface area contributed by atoms with Crippen LogP contribution in [0.4, 0.5) is 0 Å². The molecule has 0 aliphatic carbocycles. The van der Waals surface area contributed by atoms with Crippen molar-refractivity contribution in [2.24, 2.45) is 0 Å². The highest BCUT2D eigenvalue weighted by Crippen LogP contribution is 2.22. The number of hydrogen-bond donors (Lipinski definition) is 2.